The summed E-state index contributed by atoms with van der Waals surface area (Å²) in [4.78, 5) is 6.44. The first-order valence-electron chi connectivity index (χ1n) is 8.81. The second kappa shape index (κ2) is 7.61. The maximum Gasteiger partial charge on any atom is 0.237 e. The highest BCUT2D eigenvalue weighted by Gasteiger charge is 2.29. The summed E-state index contributed by atoms with van der Waals surface area (Å²) in [7, 11) is -3.39. The quantitative estimate of drug-likeness (QED) is 0.582. The molecule has 0 spiro atoms. The van der Waals surface area contributed by atoms with Gasteiger partial charge in [-0.2, -0.15) is 0 Å². The summed E-state index contributed by atoms with van der Waals surface area (Å²) in [6, 6.07) is 7.64. The smallest absolute Gasteiger partial charge is 0.237 e. The number of aliphatic hydroxyl groups excluding tert-OH is 1. The number of hydrogen-bond donors (Lipinski definition) is 2. The van der Waals surface area contributed by atoms with Crippen LogP contribution in [-0.4, -0.2) is 69.0 Å². The lowest BCUT2D eigenvalue weighted by atomic mass is 10.2. The van der Waals surface area contributed by atoms with E-state index in [0.29, 0.717) is 32.0 Å². The van der Waals surface area contributed by atoms with Crippen molar-refractivity contribution in [1.82, 2.24) is 10.2 Å². The largest absolute Gasteiger partial charge is 0.391 e. The van der Waals surface area contributed by atoms with Gasteiger partial charge in [-0.3, -0.25) is 9.30 Å². The molecule has 0 aliphatic carbocycles. The van der Waals surface area contributed by atoms with E-state index in [9.17, 15) is 13.5 Å². The Bertz CT molecular complexity index is 735. The monoisotopic (exact) mass is 366 g/mol. The number of guanidine groups is 1. The summed E-state index contributed by atoms with van der Waals surface area (Å²) < 4.78 is 26.9. The van der Waals surface area contributed by atoms with Gasteiger partial charge in [0.1, 0.15) is 0 Å². The molecular weight excluding hydrogens is 340 g/mol. The maximum absolute atomic E-state index is 12.7. The van der Waals surface area contributed by atoms with Gasteiger partial charge in [-0.1, -0.05) is 18.2 Å². The fraction of sp³-hybridized carbons (Fsp3) is 0.588. The van der Waals surface area contributed by atoms with Crippen molar-refractivity contribution in [2.24, 2.45) is 4.99 Å². The van der Waals surface area contributed by atoms with Gasteiger partial charge in [0.2, 0.25) is 10.0 Å². The minimum Gasteiger partial charge on any atom is -0.391 e. The molecule has 8 heteroatoms. The summed E-state index contributed by atoms with van der Waals surface area (Å²) in [6.07, 6.45) is 1.13. The van der Waals surface area contributed by atoms with Crippen molar-refractivity contribution in [3.8, 4) is 0 Å². The molecule has 1 aromatic carbocycles. The van der Waals surface area contributed by atoms with Gasteiger partial charge in [-0.15, -0.1) is 0 Å². The zero-order chi connectivity index (χ0) is 17.9. The molecule has 3 rings (SSSR count). The Hall–Kier alpha value is -1.80. The third-order valence-electron chi connectivity index (χ3n) is 4.59. The van der Waals surface area contributed by atoms with Gasteiger partial charge >= 0.3 is 0 Å². The van der Waals surface area contributed by atoms with E-state index in [1.54, 1.807) is 0 Å². The molecule has 0 amide bonds. The second-order valence-corrected chi connectivity index (χ2v) is 8.40. The van der Waals surface area contributed by atoms with E-state index < -0.39 is 10.0 Å². The Labute approximate surface area is 149 Å². The molecule has 1 aromatic rings. The van der Waals surface area contributed by atoms with Crippen molar-refractivity contribution in [3.63, 3.8) is 0 Å². The number of nitrogens with zero attached hydrogens (tertiary/aromatic N) is 3. The van der Waals surface area contributed by atoms with Gasteiger partial charge in [-0.25, -0.2) is 8.42 Å². The highest BCUT2D eigenvalue weighted by molar-refractivity contribution is 7.92. The first-order chi connectivity index (χ1) is 12.0. The molecule has 0 saturated carbocycles. The minimum atomic E-state index is -3.39. The van der Waals surface area contributed by atoms with Crippen LogP contribution in [0.5, 0.6) is 0 Å². The van der Waals surface area contributed by atoms with Crippen LogP contribution in [0.1, 0.15) is 18.9 Å². The fourth-order valence-corrected chi connectivity index (χ4v) is 4.72. The average Bonchev–Trinajstić information content (AvgIpc) is 3.20. The number of rotatable bonds is 5. The molecule has 1 fully saturated rings. The Morgan fingerprint density at radius 3 is 2.88 bits per heavy atom. The Kier molecular flexibility index (Phi) is 5.48. The van der Waals surface area contributed by atoms with Gasteiger partial charge in [0.15, 0.2) is 5.96 Å². The van der Waals surface area contributed by atoms with Gasteiger partial charge in [0.05, 0.1) is 24.1 Å². The first kappa shape index (κ1) is 18.0. The molecule has 7 nitrogen and oxygen atoms in total. The zero-order valence-electron chi connectivity index (χ0n) is 14.6. The zero-order valence-corrected chi connectivity index (χ0v) is 15.4. The van der Waals surface area contributed by atoms with Crippen molar-refractivity contribution in [1.29, 1.82) is 0 Å². The number of β-amino-alcohol motifs (C(OH)–C–C–N with tert-alkyl or cyclic N) is 1. The molecule has 2 N–H and O–H groups in total. The minimum absolute atomic E-state index is 0.0212. The average molecular weight is 366 g/mol. The molecule has 0 aromatic heterocycles. The summed E-state index contributed by atoms with van der Waals surface area (Å²) in [5.74, 6) is 0.656. The van der Waals surface area contributed by atoms with Crippen LogP contribution >= 0.6 is 0 Å². The number of benzene rings is 1. The van der Waals surface area contributed by atoms with Gasteiger partial charge in [0.25, 0.3) is 0 Å². The SMILES string of the molecule is CCNC(=NCCS(=O)(=O)N1CCc2ccccc21)N1CC[C@@H](O)C1. The predicted octanol–water partition coefficient (Wildman–Crippen LogP) is 0.411. The van der Waals surface area contributed by atoms with Crippen molar-refractivity contribution in [2.45, 2.75) is 25.9 Å². The molecule has 0 bridgehead atoms. The molecule has 25 heavy (non-hydrogen) atoms. The molecule has 1 saturated heterocycles. The molecule has 2 aliphatic heterocycles. The van der Waals surface area contributed by atoms with E-state index in [2.05, 4.69) is 10.3 Å². The van der Waals surface area contributed by atoms with Crippen LogP contribution in [-0.2, 0) is 16.4 Å². The van der Waals surface area contributed by atoms with Crippen LogP contribution in [0.3, 0.4) is 0 Å². The number of sulfonamides is 1. The van der Waals surface area contributed by atoms with Gasteiger partial charge in [-0.05, 0) is 31.4 Å². The van der Waals surface area contributed by atoms with Crippen LogP contribution in [0.15, 0.2) is 29.3 Å². The molecule has 2 aliphatic rings. The normalized spacial score (nSPS) is 20.9. The third-order valence-corrected chi connectivity index (χ3v) is 6.34. The number of anilines is 1. The topological polar surface area (TPSA) is 85.2 Å². The van der Waals surface area contributed by atoms with E-state index in [0.717, 1.165) is 24.2 Å². The van der Waals surface area contributed by atoms with Crippen molar-refractivity contribution >= 4 is 21.7 Å². The second-order valence-electron chi connectivity index (χ2n) is 6.39. The summed E-state index contributed by atoms with van der Waals surface area (Å²) in [5, 5.41) is 12.9. The van der Waals surface area contributed by atoms with Gasteiger partial charge in [0, 0.05) is 26.2 Å². The number of likely N-dealkylation sites (tertiary alicyclic amines) is 1. The van der Waals surface area contributed by atoms with Crippen molar-refractivity contribution in [3.05, 3.63) is 29.8 Å². The summed E-state index contributed by atoms with van der Waals surface area (Å²) in [6.45, 7) is 4.66. The molecule has 0 radical (unpaired) electrons. The van der Waals surface area contributed by atoms with E-state index in [1.807, 2.05) is 36.1 Å². The van der Waals surface area contributed by atoms with Crippen LogP contribution in [0, 0.1) is 0 Å². The third kappa shape index (κ3) is 4.07. The Morgan fingerprint density at radius 2 is 2.16 bits per heavy atom. The summed E-state index contributed by atoms with van der Waals surface area (Å²) in [5.41, 5.74) is 1.87. The number of para-hydroxylation sites is 1. The molecule has 1 atom stereocenters. The Balaban J connectivity index is 1.65. The molecular formula is C17H26N4O3S. The van der Waals surface area contributed by atoms with Crippen LogP contribution in [0.2, 0.25) is 0 Å². The van der Waals surface area contributed by atoms with Crippen molar-refractivity contribution < 1.29 is 13.5 Å². The lowest BCUT2D eigenvalue weighted by Gasteiger charge is -2.22. The Morgan fingerprint density at radius 1 is 1.36 bits per heavy atom. The lowest BCUT2D eigenvalue weighted by Crippen LogP contribution is -2.41. The standard InChI is InChI=1S/C17H26N4O3S/c1-2-18-17(20-10-8-15(22)13-20)19-9-12-25(23,24)21-11-7-14-5-3-4-6-16(14)21/h3-6,15,22H,2,7-13H2,1H3,(H,18,19)/t15-/m1/s1. The molecule has 2 heterocycles. The fourth-order valence-electron chi connectivity index (χ4n) is 3.33. The van der Waals surface area contributed by atoms with E-state index >= 15 is 0 Å². The highest BCUT2D eigenvalue weighted by Crippen LogP contribution is 2.29. The molecule has 138 valence electrons. The van der Waals surface area contributed by atoms with Crippen LogP contribution < -0.4 is 9.62 Å². The van der Waals surface area contributed by atoms with Crippen LogP contribution in [0.25, 0.3) is 0 Å². The number of nitrogens with one attached hydrogen (secondary N) is 1. The van der Waals surface area contributed by atoms with Crippen LogP contribution in [0.4, 0.5) is 5.69 Å². The van der Waals surface area contributed by atoms with E-state index in [-0.39, 0.29) is 18.4 Å². The van der Waals surface area contributed by atoms with E-state index in [4.69, 9.17) is 0 Å². The van der Waals surface area contributed by atoms with E-state index in [1.165, 1.54) is 4.31 Å². The predicted molar refractivity (Wildman–Crippen MR) is 99.5 cm³/mol. The van der Waals surface area contributed by atoms with Crippen molar-refractivity contribution in [2.75, 3.05) is 42.8 Å². The first-order valence-corrected chi connectivity index (χ1v) is 10.4. The number of hydrogen-bond acceptors (Lipinski definition) is 4. The molecule has 0 unspecified atom stereocenters. The lowest BCUT2D eigenvalue weighted by molar-refractivity contribution is 0.188. The maximum atomic E-state index is 12.7. The number of aliphatic hydroxyl groups is 1. The van der Waals surface area contributed by atoms with Gasteiger partial charge < -0.3 is 15.3 Å². The number of aliphatic imine (C=N–C) groups is 1. The highest BCUT2D eigenvalue weighted by atomic mass is 32.2. The number of fused-ring (bicyclic) bond motifs is 1. The summed E-state index contributed by atoms with van der Waals surface area (Å²) >= 11 is 0.